The van der Waals surface area contributed by atoms with Crippen LogP contribution >= 0.6 is 11.8 Å². The second-order valence-electron chi connectivity index (χ2n) is 1.94. The summed E-state index contributed by atoms with van der Waals surface area (Å²) >= 11 is 1.38. The monoisotopic (exact) mass is 154 g/mol. The Labute approximate surface area is 63.1 Å². The molecule has 0 fully saturated rings. The van der Waals surface area contributed by atoms with Gasteiger partial charge in [0.25, 0.3) is 5.91 Å². The summed E-state index contributed by atoms with van der Waals surface area (Å²) in [5.74, 6) is -0.116. The smallest absolute Gasteiger partial charge is 0.259 e. The van der Waals surface area contributed by atoms with Crippen LogP contribution in [0.5, 0.6) is 0 Å². The van der Waals surface area contributed by atoms with Crippen molar-refractivity contribution in [2.75, 3.05) is 0 Å². The fourth-order valence-electron chi connectivity index (χ4n) is 0.643. The van der Waals surface area contributed by atoms with Gasteiger partial charge >= 0.3 is 0 Å². The first-order chi connectivity index (χ1) is 4.74. The van der Waals surface area contributed by atoms with Gasteiger partial charge in [-0.2, -0.15) is 5.26 Å². The van der Waals surface area contributed by atoms with Crippen LogP contribution in [0.1, 0.15) is 13.3 Å². The number of aliphatic imine (C=N–C) groups is 1. The molecule has 4 heteroatoms. The predicted octanol–water partition coefficient (Wildman–Crippen LogP) is 0.960. The first-order valence-corrected chi connectivity index (χ1v) is 3.77. The summed E-state index contributed by atoms with van der Waals surface area (Å²) < 4.78 is 0. The molecule has 0 saturated carbocycles. The Bertz CT molecular complexity index is 228. The van der Waals surface area contributed by atoms with Crippen molar-refractivity contribution in [2.45, 2.75) is 18.6 Å². The van der Waals surface area contributed by atoms with E-state index < -0.39 is 0 Å². The van der Waals surface area contributed by atoms with Gasteiger partial charge < -0.3 is 0 Å². The molecule has 1 aliphatic rings. The van der Waals surface area contributed by atoms with Crippen molar-refractivity contribution in [3.8, 4) is 6.07 Å². The molecule has 0 saturated heterocycles. The van der Waals surface area contributed by atoms with Crippen molar-refractivity contribution in [1.29, 1.82) is 5.26 Å². The lowest BCUT2D eigenvalue weighted by Crippen LogP contribution is -2.02. The van der Waals surface area contributed by atoms with E-state index in [1.54, 1.807) is 6.92 Å². The van der Waals surface area contributed by atoms with Gasteiger partial charge in [0.1, 0.15) is 0 Å². The summed E-state index contributed by atoms with van der Waals surface area (Å²) in [6.45, 7) is 1.79. The van der Waals surface area contributed by atoms with Crippen LogP contribution in [0.15, 0.2) is 4.99 Å². The number of carbonyl (C=O) groups excluding carboxylic acids is 1. The molecule has 1 atom stereocenters. The SMILES string of the molecule is C[C@H]1SC(CC#N)=NC1=O. The Balaban J connectivity index is 2.61. The van der Waals surface area contributed by atoms with Crippen LogP contribution in [-0.2, 0) is 4.79 Å². The highest BCUT2D eigenvalue weighted by molar-refractivity contribution is 8.15. The molecule has 0 unspecified atom stereocenters. The maximum absolute atomic E-state index is 10.7. The molecule has 1 rings (SSSR count). The number of carbonyl (C=O) groups is 1. The molecule has 0 aromatic rings. The van der Waals surface area contributed by atoms with E-state index in [9.17, 15) is 4.79 Å². The molecule has 3 nitrogen and oxygen atoms in total. The maximum Gasteiger partial charge on any atom is 0.259 e. The molecule has 1 amide bonds. The molecule has 52 valence electrons. The minimum Gasteiger partial charge on any atom is -0.271 e. The summed E-state index contributed by atoms with van der Waals surface area (Å²) in [5, 5.41) is 8.82. The van der Waals surface area contributed by atoms with Crippen molar-refractivity contribution < 1.29 is 4.79 Å². The molecular formula is C6H6N2OS. The fourth-order valence-corrected chi connectivity index (χ4v) is 1.50. The third-order valence-corrected chi connectivity index (χ3v) is 2.19. The second-order valence-corrected chi connectivity index (χ2v) is 3.35. The molecule has 0 bridgehead atoms. The molecule has 0 radical (unpaired) electrons. The van der Waals surface area contributed by atoms with Crippen LogP contribution in [0.2, 0.25) is 0 Å². The number of hydrogen-bond donors (Lipinski definition) is 0. The molecule has 0 aromatic heterocycles. The third-order valence-electron chi connectivity index (χ3n) is 1.13. The Kier molecular flexibility index (Phi) is 2.07. The number of amides is 1. The van der Waals surface area contributed by atoms with Gasteiger partial charge in [0.15, 0.2) is 0 Å². The lowest BCUT2D eigenvalue weighted by molar-refractivity contribution is -0.116. The minimum absolute atomic E-state index is 0.0802. The summed E-state index contributed by atoms with van der Waals surface area (Å²) in [6, 6.07) is 1.95. The normalized spacial score (nSPS) is 24.2. The van der Waals surface area contributed by atoms with E-state index in [0.717, 1.165) is 0 Å². The molecule has 1 aliphatic heterocycles. The Hall–Kier alpha value is -0.820. The molecular weight excluding hydrogens is 148 g/mol. The van der Waals surface area contributed by atoms with E-state index in [2.05, 4.69) is 4.99 Å². The number of thioether (sulfide) groups is 1. The first kappa shape index (κ1) is 7.29. The van der Waals surface area contributed by atoms with E-state index in [4.69, 9.17) is 5.26 Å². The average Bonchev–Trinajstić information content (AvgIpc) is 2.14. The number of nitriles is 1. The van der Waals surface area contributed by atoms with Crippen molar-refractivity contribution in [2.24, 2.45) is 4.99 Å². The zero-order chi connectivity index (χ0) is 7.56. The van der Waals surface area contributed by atoms with Crippen LogP contribution in [0.4, 0.5) is 0 Å². The fraction of sp³-hybridized carbons (Fsp3) is 0.500. The van der Waals surface area contributed by atoms with Gasteiger partial charge in [-0.15, -0.1) is 0 Å². The van der Waals surface area contributed by atoms with Crippen LogP contribution in [0.3, 0.4) is 0 Å². The van der Waals surface area contributed by atoms with E-state index in [-0.39, 0.29) is 17.6 Å². The lowest BCUT2D eigenvalue weighted by Gasteiger charge is -1.92. The second kappa shape index (κ2) is 2.84. The maximum atomic E-state index is 10.7. The minimum atomic E-state index is -0.116. The topological polar surface area (TPSA) is 53.2 Å². The molecule has 0 spiro atoms. The largest absolute Gasteiger partial charge is 0.271 e. The van der Waals surface area contributed by atoms with E-state index in [1.807, 2.05) is 6.07 Å². The molecule has 0 N–H and O–H groups in total. The van der Waals surface area contributed by atoms with Crippen LogP contribution in [0, 0.1) is 11.3 Å². The highest BCUT2D eigenvalue weighted by Crippen LogP contribution is 2.22. The molecule has 0 aliphatic carbocycles. The van der Waals surface area contributed by atoms with Crippen LogP contribution in [0.25, 0.3) is 0 Å². The number of rotatable bonds is 1. The zero-order valence-corrected chi connectivity index (χ0v) is 6.31. The Morgan fingerprint density at radius 3 is 3.00 bits per heavy atom. The Morgan fingerprint density at radius 1 is 1.90 bits per heavy atom. The summed E-state index contributed by atoms with van der Waals surface area (Å²) in [7, 11) is 0. The van der Waals surface area contributed by atoms with Gasteiger partial charge in [0, 0.05) is 0 Å². The highest BCUT2D eigenvalue weighted by Gasteiger charge is 2.22. The first-order valence-electron chi connectivity index (χ1n) is 2.89. The van der Waals surface area contributed by atoms with Crippen LogP contribution in [-0.4, -0.2) is 16.2 Å². The summed E-state index contributed by atoms with van der Waals surface area (Å²) in [4.78, 5) is 14.4. The van der Waals surface area contributed by atoms with E-state index >= 15 is 0 Å². The van der Waals surface area contributed by atoms with Crippen molar-refractivity contribution in [3.63, 3.8) is 0 Å². The number of hydrogen-bond acceptors (Lipinski definition) is 3. The molecule has 0 aromatic carbocycles. The van der Waals surface area contributed by atoms with E-state index in [1.165, 1.54) is 11.8 Å². The van der Waals surface area contributed by atoms with Crippen molar-refractivity contribution in [1.82, 2.24) is 0 Å². The Morgan fingerprint density at radius 2 is 2.60 bits per heavy atom. The van der Waals surface area contributed by atoms with Crippen LogP contribution < -0.4 is 0 Å². The molecule has 10 heavy (non-hydrogen) atoms. The van der Waals surface area contributed by atoms with Gasteiger partial charge in [-0.25, -0.2) is 4.99 Å². The van der Waals surface area contributed by atoms with Gasteiger partial charge in [-0.1, -0.05) is 11.8 Å². The number of nitrogens with zero attached hydrogens (tertiary/aromatic N) is 2. The van der Waals surface area contributed by atoms with Gasteiger partial charge in [-0.05, 0) is 6.92 Å². The highest BCUT2D eigenvalue weighted by atomic mass is 32.2. The van der Waals surface area contributed by atoms with Crippen molar-refractivity contribution in [3.05, 3.63) is 0 Å². The van der Waals surface area contributed by atoms with Gasteiger partial charge in [0.2, 0.25) is 0 Å². The lowest BCUT2D eigenvalue weighted by atomic mass is 10.4. The van der Waals surface area contributed by atoms with Crippen molar-refractivity contribution >= 4 is 22.7 Å². The summed E-state index contributed by atoms with van der Waals surface area (Å²) in [5.41, 5.74) is 0. The molecule has 1 heterocycles. The average molecular weight is 154 g/mol. The third kappa shape index (κ3) is 1.36. The van der Waals surface area contributed by atoms with Gasteiger partial charge in [0.05, 0.1) is 22.8 Å². The standard InChI is InChI=1S/C6H6N2OS/c1-4-6(9)8-5(10-4)2-3-7/h4H,2H2,1H3/t4-/m1/s1. The zero-order valence-electron chi connectivity index (χ0n) is 5.50. The quantitative estimate of drug-likeness (QED) is 0.565. The van der Waals surface area contributed by atoms with E-state index in [0.29, 0.717) is 5.04 Å². The summed E-state index contributed by atoms with van der Waals surface area (Å²) in [6.07, 6.45) is 0.265. The predicted molar refractivity (Wildman–Crippen MR) is 39.7 cm³/mol. The van der Waals surface area contributed by atoms with Gasteiger partial charge in [-0.3, -0.25) is 4.79 Å².